The minimum Gasteiger partial charge on any atom is -0.310 e. The molecule has 308 valence electrons. The molecule has 3 heterocycles. The van der Waals surface area contributed by atoms with Crippen molar-refractivity contribution >= 4 is 72.1 Å². The molecule has 1 nitrogen and oxygen atoms in total. The molecule has 0 fully saturated rings. The predicted molar refractivity (Wildman–Crippen MR) is 277 cm³/mol. The van der Waals surface area contributed by atoms with Crippen LogP contribution in [-0.4, -0.2) is 0 Å². The first-order chi connectivity index (χ1) is 32.7. The second-order valence-corrected chi connectivity index (χ2v) is 21.1. The van der Waals surface area contributed by atoms with Crippen molar-refractivity contribution in [2.24, 2.45) is 0 Å². The van der Waals surface area contributed by atoms with E-state index in [9.17, 15) is 0 Å². The van der Waals surface area contributed by atoms with Crippen LogP contribution in [-0.2, 0) is 10.8 Å². The molecule has 1 aromatic heterocycles. The number of benzene rings is 10. The van der Waals surface area contributed by atoms with Crippen molar-refractivity contribution < 1.29 is 0 Å². The summed E-state index contributed by atoms with van der Waals surface area (Å²) in [6, 6.07) is 85.3. The molecule has 0 amide bonds. The summed E-state index contributed by atoms with van der Waals surface area (Å²) >= 11 is 5.69. The smallest absolute Gasteiger partial charge is 0.0736 e. The monoisotopic (exact) mass is 891 g/mol. The Morgan fingerprint density at radius 1 is 0.303 bits per heavy atom. The van der Waals surface area contributed by atoms with Crippen molar-refractivity contribution in [3.05, 3.63) is 269 Å². The predicted octanol–water partition coefficient (Wildman–Crippen LogP) is 17.2. The first kappa shape index (κ1) is 37.2. The van der Waals surface area contributed by atoms with E-state index in [1.165, 1.54) is 112 Å². The lowest BCUT2D eigenvalue weighted by atomic mass is 9.67. The summed E-state index contributed by atoms with van der Waals surface area (Å²) in [5.41, 5.74) is 18.5. The Morgan fingerprint density at radius 2 is 0.697 bits per heavy atom. The van der Waals surface area contributed by atoms with Crippen molar-refractivity contribution in [1.29, 1.82) is 0 Å². The van der Waals surface area contributed by atoms with Crippen LogP contribution in [0.1, 0.15) is 44.5 Å². The molecule has 2 spiro atoms. The lowest BCUT2D eigenvalue weighted by Crippen LogP contribution is -2.32. The van der Waals surface area contributed by atoms with Crippen LogP contribution in [0.4, 0.5) is 17.1 Å². The standard InChI is InChI=1S/C62H37NS3/c1-6-21-45-40(16-1)41-17-2-7-22-46(41)61(45)49-25-10-13-29-55(49)65-57-34-32-38(36-51(57)61)63(53-27-15-31-59-60(53)44-20-5-12-28-54(44)64-59)39-33-35-58-52(37-39)62(50-26-11-14-30-56(50)66-58)47-23-8-3-18-42(47)43-19-4-9-24-48(43)62/h1-37H. The van der Waals surface area contributed by atoms with Crippen LogP contribution < -0.4 is 4.90 Å². The lowest BCUT2D eigenvalue weighted by Gasteiger charge is -2.41. The van der Waals surface area contributed by atoms with Gasteiger partial charge in [0.05, 0.1) is 16.5 Å². The maximum atomic E-state index is 2.58. The molecular weight excluding hydrogens is 855 g/mol. The summed E-state index contributed by atoms with van der Waals surface area (Å²) in [6.07, 6.45) is 0. The zero-order valence-electron chi connectivity index (χ0n) is 35.5. The molecule has 0 radical (unpaired) electrons. The van der Waals surface area contributed by atoms with E-state index in [-0.39, 0.29) is 0 Å². The number of rotatable bonds is 3. The second kappa shape index (κ2) is 13.7. The molecule has 0 bridgehead atoms. The zero-order valence-corrected chi connectivity index (χ0v) is 38.0. The molecular formula is C62H37NS3. The lowest BCUT2D eigenvalue weighted by molar-refractivity contribution is 0.721. The number of fused-ring (bicyclic) bond motifs is 21. The number of anilines is 3. The van der Waals surface area contributed by atoms with Crippen molar-refractivity contribution in [3.63, 3.8) is 0 Å². The van der Waals surface area contributed by atoms with E-state index in [4.69, 9.17) is 0 Å². The molecule has 2 aliphatic heterocycles. The van der Waals surface area contributed by atoms with Gasteiger partial charge in [0.1, 0.15) is 0 Å². The van der Waals surface area contributed by atoms with E-state index in [1.807, 2.05) is 34.9 Å². The molecule has 15 rings (SSSR count). The van der Waals surface area contributed by atoms with Gasteiger partial charge in [0.25, 0.3) is 0 Å². The molecule has 0 saturated heterocycles. The first-order valence-corrected chi connectivity index (χ1v) is 25.1. The first-order valence-electron chi connectivity index (χ1n) is 22.7. The number of hydrogen-bond donors (Lipinski definition) is 0. The number of nitrogens with zero attached hydrogens (tertiary/aromatic N) is 1. The van der Waals surface area contributed by atoms with E-state index < -0.39 is 10.8 Å². The fourth-order valence-corrected chi connectivity index (χ4v) is 15.8. The zero-order chi connectivity index (χ0) is 43.1. The maximum absolute atomic E-state index is 2.58. The van der Waals surface area contributed by atoms with Crippen molar-refractivity contribution in [1.82, 2.24) is 0 Å². The van der Waals surface area contributed by atoms with Gasteiger partial charge in [-0.1, -0.05) is 181 Å². The minimum atomic E-state index is -0.495. The normalized spacial score (nSPS) is 14.8. The summed E-state index contributed by atoms with van der Waals surface area (Å²) in [5.74, 6) is 0. The van der Waals surface area contributed by atoms with Crippen molar-refractivity contribution in [2.45, 2.75) is 30.4 Å². The molecule has 0 saturated carbocycles. The van der Waals surface area contributed by atoms with Gasteiger partial charge in [0.2, 0.25) is 0 Å². The van der Waals surface area contributed by atoms with Crippen molar-refractivity contribution in [3.8, 4) is 22.3 Å². The van der Waals surface area contributed by atoms with Gasteiger partial charge in [-0.25, -0.2) is 0 Å². The fraction of sp³-hybridized carbons (Fsp3) is 0.0323. The summed E-state index contributed by atoms with van der Waals surface area (Å²) < 4.78 is 2.59. The fourth-order valence-electron chi connectivity index (χ4n) is 12.3. The van der Waals surface area contributed by atoms with Crippen LogP contribution in [0.15, 0.2) is 244 Å². The van der Waals surface area contributed by atoms with Gasteiger partial charge in [-0.05, 0) is 133 Å². The Hall–Kier alpha value is -7.08. The average molecular weight is 892 g/mol. The topological polar surface area (TPSA) is 3.24 Å². The van der Waals surface area contributed by atoms with Gasteiger partial charge in [-0.15, -0.1) is 11.3 Å². The third-order valence-corrected chi connectivity index (χ3v) is 18.2. The molecule has 4 heteroatoms. The quantitative estimate of drug-likeness (QED) is 0.174. The van der Waals surface area contributed by atoms with E-state index >= 15 is 0 Å². The molecule has 11 aromatic rings. The van der Waals surface area contributed by atoms with Crippen LogP contribution in [0.3, 0.4) is 0 Å². The Morgan fingerprint density at radius 3 is 1.20 bits per heavy atom. The van der Waals surface area contributed by atoms with Gasteiger partial charge in [-0.2, -0.15) is 0 Å². The highest BCUT2D eigenvalue weighted by molar-refractivity contribution is 7.99. The summed E-state index contributed by atoms with van der Waals surface area (Å²) in [5, 5.41) is 2.57. The van der Waals surface area contributed by atoms with E-state index in [0.29, 0.717) is 0 Å². The highest BCUT2D eigenvalue weighted by atomic mass is 32.2. The van der Waals surface area contributed by atoms with Gasteiger partial charge in [0.15, 0.2) is 0 Å². The number of thiophene rings is 1. The SMILES string of the molecule is c1ccc2c(c1)Sc1ccc(N(c3ccc4c(c3)C3(c5ccccc5S4)c4ccccc4-c4ccccc43)c3cccc4sc5ccccc5c34)cc1C21c2ccccc2-c2ccccc21. The van der Waals surface area contributed by atoms with Crippen LogP contribution >= 0.6 is 34.9 Å². The summed E-state index contributed by atoms with van der Waals surface area (Å²) in [6.45, 7) is 0. The Kier molecular flexibility index (Phi) is 7.73. The molecule has 66 heavy (non-hydrogen) atoms. The summed E-state index contributed by atoms with van der Waals surface area (Å²) in [7, 11) is 0. The third-order valence-electron chi connectivity index (χ3n) is 14.8. The Labute approximate surface area is 396 Å². The van der Waals surface area contributed by atoms with Gasteiger partial charge in [0, 0.05) is 51.1 Å². The van der Waals surface area contributed by atoms with E-state index in [0.717, 1.165) is 11.4 Å². The molecule has 0 N–H and O–H groups in total. The molecule has 0 atom stereocenters. The van der Waals surface area contributed by atoms with Crippen LogP contribution in [0.25, 0.3) is 42.4 Å². The number of hydrogen-bond acceptors (Lipinski definition) is 4. The average Bonchev–Trinajstić information content (AvgIpc) is 4.01. The van der Waals surface area contributed by atoms with Gasteiger partial charge < -0.3 is 4.90 Å². The Bertz CT molecular complexity index is 3590. The third kappa shape index (κ3) is 4.73. The van der Waals surface area contributed by atoms with E-state index in [1.54, 1.807) is 0 Å². The highest BCUT2D eigenvalue weighted by Gasteiger charge is 2.52. The van der Waals surface area contributed by atoms with Gasteiger partial charge in [-0.3, -0.25) is 0 Å². The second-order valence-electron chi connectivity index (χ2n) is 17.8. The Balaban J connectivity index is 1.04. The maximum Gasteiger partial charge on any atom is 0.0736 e. The molecule has 10 aromatic carbocycles. The highest BCUT2D eigenvalue weighted by Crippen LogP contribution is 2.65. The minimum absolute atomic E-state index is 0.495. The van der Waals surface area contributed by atoms with Crippen LogP contribution in [0.5, 0.6) is 0 Å². The van der Waals surface area contributed by atoms with Crippen LogP contribution in [0.2, 0.25) is 0 Å². The van der Waals surface area contributed by atoms with Crippen LogP contribution in [0, 0.1) is 0 Å². The molecule has 4 aliphatic rings. The van der Waals surface area contributed by atoms with Crippen molar-refractivity contribution in [2.75, 3.05) is 4.90 Å². The summed E-state index contributed by atoms with van der Waals surface area (Å²) in [4.78, 5) is 7.79. The molecule has 0 unspecified atom stereocenters. The van der Waals surface area contributed by atoms with Gasteiger partial charge >= 0.3 is 0 Å². The largest absolute Gasteiger partial charge is 0.310 e. The molecule has 2 aliphatic carbocycles. The van der Waals surface area contributed by atoms with E-state index in [2.05, 4.69) is 229 Å².